The van der Waals surface area contributed by atoms with Gasteiger partial charge in [0, 0.05) is 29.3 Å². The van der Waals surface area contributed by atoms with E-state index in [0.717, 1.165) is 17.7 Å². The van der Waals surface area contributed by atoms with Gasteiger partial charge in [0.1, 0.15) is 0 Å². The maximum Gasteiger partial charge on any atom is 0.248 e. The van der Waals surface area contributed by atoms with Gasteiger partial charge in [-0.05, 0) is 30.2 Å². The molecule has 1 amide bonds. The number of primary amides is 1. The molecule has 1 aliphatic carbocycles. The Hall–Kier alpha value is -2.20. The molecule has 1 fully saturated rings. The molecule has 2 unspecified atom stereocenters. The number of rotatable bonds is 3. The molecule has 0 saturated heterocycles. The standard InChI is InChI=1S/C15H15N3O/c16-13-7-12(13)11-5-6-14(18-8-11)9-1-3-10(4-2-9)15(17)19/h1-6,8,12-13H,7,16H2,(H2,17,19). The van der Waals surface area contributed by atoms with Crippen molar-refractivity contribution in [1.82, 2.24) is 4.98 Å². The van der Waals surface area contributed by atoms with Crippen LogP contribution in [-0.4, -0.2) is 16.9 Å². The Morgan fingerprint density at radius 2 is 1.84 bits per heavy atom. The summed E-state index contributed by atoms with van der Waals surface area (Å²) in [5.41, 5.74) is 14.6. The Bertz CT molecular complexity index is 604. The fraction of sp³-hybridized carbons (Fsp3) is 0.200. The van der Waals surface area contributed by atoms with Crippen LogP contribution in [0.15, 0.2) is 42.6 Å². The number of nitrogens with two attached hydrogens (primary N) is 2. The van der Waals surface area contributed by atoms with Gasteiger partial charge < -0.3 is 11.5 Å². The van der Waals surface area contributed by atoms with Gasteiger partial charge in [0.05, 0.1) is 5.69 Å². The first kappa shape index (κ1) is 11.9. The summed E-state index contributed by atoms with van der Waals surface area (Å²) in [5, 5.41) is 0. The Labute approximate surface area is 111 Å². The van der Waals surface area contributed by atoms with E-state index < -0.39 is 5.91 Å². The van der Waals surface area contributed by atoms with Crippen LogP contribution in [-0.2, 0) is 0 Å². The fourth-order valence-corrected chi connectivity index (χ4v) is 2.20. The smallest absolute Gasteiger partial charge is 0.248 e. The maximum atomic E-state index is 11.0. The largest absolute Gasteiger partial charge is 0.366 e. The molecule has 4 nitrogen and oxygen atoms in total. The number of pyridine rings is 1. The van der Waals surface area contributed by atoms with Crippen LogP contribution in [0.3, 0.4) is 0 Å². The number of nitrogens with zero attached hydrogens (tertiary/aromatic N) is 1. The maximum absolute atomic E-state index is 11.0. The molecule has 4 N–H and O–H groups in total. The van der Waals surface area contributed by atoms with Gasteiger partial charge in [-0.15, -0.1) is 0 Å². The number of amides is 1. The lowest BCUT2D eigenvalue weighted by Gasteiger charge is -2.04. The molecule has 1 aliphatic rings. The first-order chi connectivity index (χ1) is 9.15. The SMILES string of the molecule is NC(=O)c1ccc(-c2ccc(C3CC3N)cn2)cc1. The Morgan fingerprint density at radius 1 is 1.16 bits per heavy atom. The summed E-state index contributed by atoms with van der Waals surface area (Å²) in [6.45, 7) is 0. The van der Waals surface area contributed by atoms with Gasteiger partial charge in [0.15, 0.2) is 0 Å². The number of hydrogen-bond acceptors (Lipinski definition) is 3. The molecule has 1 heterocycles. The predicted octanol–water partition coefficient (Wildman–Crippen LogP) is 1.66. The lowest BCUT2D eigenvalue weighted by molar-refractivity contribution is 0.100. The van der Waals surface area contributed by atoms with E-state index in [1.54, 1.807) is 12.1 Å². The Balaban J connectivity index is 1.83. The minimum Gasteiger partial charge on any atom is -0.366 e. The quantitative estimate of drug-likeness (QED) is 0.872. The first-order valence-electron chi connectivity index (χ1n) is 6.27. The van der Waals surface area contributed by atoms with Gasteiger partial charge in [-0.3, -0.25) is 9.78 Å². The second-order valence-corrected chi connectivity index (χ2v) is 4.92. The summed E-state index contributed by atoms with van der Waals surface area (Å²) in [5.74, 6) is 0.0522. The van der Waals surface area contributed by atoms with Crippen molar-refractivity contribution in [2.45, 2.75) is 18.4 Å². The van der Waals surface area contributed by atoms with Crippen molar-refractivity contribution in [3.8, 4) is 11.3 Å². The average molecular weight is 253 g/mol. The van der Waals surface area contributed by atoms with E-state index in [2.05, 4.69) is 11.1 Å². The zero-order valence-electron chi connectivity index (χ0n) is 10.4. The Kier molecular flexibility index (Phi) is 2.80. The molecular weight excluding hydrogens is 238 g/mol. The van der Waals surface area contributed by atoms with Crippen molar-refractivity contribution in [2.75, 3.05) is 0 Å². The van der Waals surface area contributed by atoms with Crippen molar-refractivity contribution in [3.05, 3.63) is 53.7 Å². The molecule has 96 valence electrons. The van der Waals surface area contributed by atoms with Crippen molar-refractivity contribution >= 4 is 5.91 Å². The molecule has 4 heteroatoms. The van der Waals surface area contributed by atoms with Gasteiger partial charge in [-0.2, -0.15) is 0 Å². The third kappa shape index (κ3) is 2.35. The number of hydrogen-bond donors (Lipinski definition) is 2. The van der Waals surface area contributed by atoms with Crippen molar-refractivity contribution in [1.29, 1.82) is 0 Å². The van der Waals surface area contributed by atoms with Crippen molar-refractivity contribution < 1.29 is 4.79 Å². The number of carbonyl (C=O) groups is 1. The van der Waals surface area contributed by atoms with E-state index in [0.29, 0.717) is 17.5 Å². The number of aromatic nitrogens is 1. The highest BCUT2D eigenvalue weighted by atomic mass is 16.1. The zero-order chi connectivity index (χ0) is 13.4. The van der Waals surface area contributed by atoms with E-state index in [1.807, 2.05) is 24.4 Å². The highest BCUT2D eigenvalue weighted by Crippen LogP contribution is 2.38. The fourth-order valence-electron chi connectivity index (χ4n) is 2.20. The summed E-state index contributed by atoms with van der Waals surface area (Å²) in [6.07, 6.45) is 2.93. The van der Waals surface area contributed by atoms with Crippen LogP contribution in [0.2, 0.25) is 0 Å². The first-order valence-corrected chi connectivity index (χ1v) is 6.27. The zero-order valence-corrected chi connectivity index (χ0v) is 10.4. The Morgan fingerprint density at radius 3 is 2.32 bits per heavy atom. The minimum absolute atomic E-state index is 0.294. The van der Waals surface area contributed by atoms with Crippen LogP contribution < -0.4 is 11.5 Å². The summed E-state index contributed by atoms with van der Waals surface area (Å²) in [6, 6.07) is 11.5. The highest BCUT2D eigenvalue weighted by molar-refractivity contribution is 5.93. The molecule has 0 bridgehead atoms. The van der Waals surface area contributed by atoms with E-state index in [9.17, 15) is 4.79 Å². The monoisotopic (exact) mass is 253 g/mol. The van der Waals surface area contributed by atoms with E-state index >= 15 is 0 Å². The van der Waals surface area contributed by atoms with E-state index in [1.165, 1.54) is 5.56 Å². The van der Waals surface area contributed by atoms with Crippen molar-refractivity contribution in [2.24, 2.45) is 11.5 Å². The molecule has 1 saturated carbocycles. The van der Waals surface area contributed by atoms with Crippen LogP contribution >= 0.6 is 0 Å². The summed E-state index contributed by atoms with van der Waals surface area (Å²) in [4.78, 5) is 15.4. The van der Waals surface area contributed by atoms with E-state index in [-0.39, 0.29) is 0 Å². The molecular formula is C15H15N3O. The third-order valence-corrected chi connectivity index (χ3v) is 3.52. The molecule has 1 aromatic carbocycles. The van der Waals surface area contributed by atoms with Crippen molar-refractivity contribution in [3.63, 3.8) is 0 Å². The molecule has 1 aromatic heterocycles. The molecule has 3 rings (SSSR count). The van der Waals surface area contributed by atoms with Gasteiger partial charge in [-0.1, -0.05) is 18.2 Å². The van der Waals surface area contributed by atoms with Gasteiger partial charge in [-0.25, -0.2) is 0 Å². The molecule has 2 atom stereocenters. The van der Waals surface area contributed by atoms with Gasteiger partial charge in [0.2, 0.25) is 5.91 Å². The third-order valence-electron chi connectivity index (χ3n) is 3.52. The summed E-state index contributed by atoms with van der Waals surface area (Å²) in [7, 11) is 0. The second kappa shape index (κ2) is 4.48. The van der Waals surface area contributed by atoms with Crippen LogP contribution in [0.1, 0.15) is 28.3 Å². The lowest BCUT2D eigenvalue weighted by atomic mass is 10.1. The van der Waals surface area contributed by atoms with Crippen LogP contribution in [0.5, 0.6) is 0 Å². The van der Waals surface area contributed by atoms with E-state index in [4.69, 9.17) is 11.5 Å². The second-order valence-electron chi connectivity index (χ2n) is 4.92. The number of carbonyl (C=O) groups excluding carboxylic acids is 1. The summed E-state index contributed by atoms with van der Waals surface area (Å²) < 4.78 is 0. The molecule has 2 aromatic rings. The van der Waals surface area contributed by atoms with Gasteiger partial charge in [0.25, 0.3) is 0 Å². The normalized spacial score (nSPS) is 21.1. The van der Waals surface area contributed by atoms with Crippen LogP contribution in [0, 0.1) is 0 Å². The molecule has 0 aliphatic heterocycles. The highest BCUT2D eigenvalue weighted by Gasteiger charge is 2.34. The predicted molar refractivity (Wildman–Crippen MR) is 73.5 cm³/mol. The molecule has 0 radical (unpaired) electrons. The lowest BCUT2D eigenvalue weighted by Crippen LogP contribution is -2.10. The summed E-state index contributed by atoms with van der Waals surface area (Å²) >= 11 is 0. The topological polar surface area (TPSA) is 82.0 Å². The van der Waals surface area contributed by atoms with Gasteiger partial charge >= 0.3 is 0 Å². The average Bonchev–Trinajstić information content (AvgIpc) is 3.16. The molecule has 0 spiro atoms. The minimum atomic E-state index is -0.419. The van der Waals surface area contributed by atoms with Crippen LogP contribution in [0.4, 0.5) is 0 Å². The molecule has 19 heavy (non-hydrogen) atoms. The van der Waals surface area contributed by atoms with Crippen LogP contribution in [0.25, 0.3) is 11.3 Å². The number of benzene rings is 1.